The van der Waals surface area contributed by atoms with Crippen molar-refractivity contribution in [1.29, 1.82) is 0 Å². The molecule has 0 aliphatic heterocycles. The van der Waals surface area contributed by atoms with Crippen LogP contribution in [0.5, 0.6) is 0 Å². The summed E-state index contributed by atoms with van der Waals surface area (Å²) in [5.74, 6) is 0. The minimum Gasteiger partial charge on any atom is -0.394 e. The molecular formula is C16H36O. The molecule has 106 valence electrons. The zero-order valence-corrected chi connectivity index (χ0v) is 12.6. The quantitative estimate of drug-likeness (QED) is 0.536. The van der Waals surface area contributed by atoms with Gasteiger partial charge in [0.1, 0.15) is 0 Å². The van der Waals surface area contributed by atoms with Crippen molar-refractivity contribution < 1.29 is 5.11 Å². The Morgan fingerprint density at radius 1 is 0.706 bits per heavy atom. The van der Waals surface area contributed by atoms with Gasteiger partial charge in [-0.3, -0.25) is 0 Å². The molecule has 0 heterocycles. The third-order valence-electron chi connectivity index (χ3n) is 0. The molecule has 1 N–H and O–H groups in total. The maximum absolute atomic E-state index is 8.06. The molecule has 0 aromatic heterocycles. The minimum absolute atomic E-state index is 0. The first kappa shape index (κ1) is 29.8. The summed E-state index contributed by atoms with van der Waals surface area (Å²) >= 11 is 0. The number of hydrogen-bond acceptors (Lipinski definition) is 1. The number of aliphatic hydroxyl groups is 1. The van der Waals surface area contributed by atoms with Crippen LogP contribution in [-0.4, -0.2) is 11.2 Å². The Morgan fingerprint density at radius 2 is 0.706 bits per heavy atom. The normalized spacial score (nSPS) is 6.71. The molecule has 0 saturated heterocycles. The Bertz CT molecular complexity index is 133. The highest BCUT2D eigenvalue weighted by Crippen LogP contribution is 1.74. The molecule has 0 saturated carbocycles. The minimum atomic E-state index is -0.167. The number of hydrogen-bond donors (Lipinski definition) is 1. The first-order valence-electron chi connectivity index (χ1n) is 5.47. The standard InChI is InChI=1S/3C4H8.C3H8O.CH4/c3*1-4(2)3;1-3(2)4;/h3*1H2,2-3H3;3-4H,1-2H3;1H4. The number of rotatable bonds is 0. The molecule has 0 unspecified atom stereocenters. The van der Waals surface area contributed by atoms with Gasteiger partial charge in [0.2, 0.25) is 0 Å². The van der Waals surface area contributed by atoms with E-state index >= 15 is 0 Å². The lowest BCUT2D eigenvalue weighted by Gasteiger charge is -1.80. The summed E-state index contributed by atoms with van der Waals surface area (Å²) in [6, 6.07) is 0. The second-order valence-electron chi connectivity index (χ2n) is 4.72. The molecule has 0 radical (unpaired) electrons. The van der Waals surface area contributed by atoms with Crippen molar-refractivity contribution in [2.24, 2.45) is 0 Å². The average Bonchev–Trinajstić information content (AvgIpc) is 1.76. The molecule has 0 aromatic rings. The van der Waals surface area contributed by atoms with Gasteiger partial charge in [0.15, 0.2) is 0 Å². The summed E-state index contributed by atoms with van der Waals surface area (Å²) < 4.78 is 0. The van der Waals surface area contributed by atoms with Crippen LogP contribution in [0.25, 0.3) is 0 Å². The van der Waals surface area contributed by atoms with E-state index in [1.165, 1.54) is 16.7 Å². The van der Waals surface area contributed by atoms with Gasteiger partial charge < -0.3 is 5.11 Å². The highest BCUT2D eigenvalue weighted by atomic mass is 16.3. The van der Waals surface area contributed by atoms with E-state index in [9.17, 15) is 0 Å². The maximum atomic E-state index is 8.06. The molecule has 0 aromatic carbocycles. The van der Waals surface area contributed by atoms with Crippen LogP contribution in [0.3, 0.4) is 0 Å². The Hall–Kier alpha value is -0.820. The fraction of sp³-hybridized carbons (Fsp3) is 0.625. The van der Waals surface area contributed by atoms with Crippen LogP contribution >= 0.6 is 0 Å². The summed E-state index contributed by atoms with van der Waals surface area (Å²) in [4.78, 5) is 0. The lowest BCUT2D eigenvalue weighted by Crippen LogP contribution is -1.85. The molecular weight excluding hydrogens is 208 g/mol. The molecule has 0 bridgehead atoms. The second-order valence-corrected chi connectivity index (χ2v) is 4.72. The van der Waals surface area contributed by atoms with E-state index in [1.54, 1.807) is 13.8 Å². The van der Waals surface area contributed by atoms with Crippen molar-refractivity contribution in [1.82, 2.24) is 0 Å². The topological polar surface area (TPSA) is 20.2 Å². The predicted molar refractivity (Wildman–Crippen MR) is 85.5 cm³/mol. The fourth-order valence-electron chi connectivity index (χ4n) is 0. The molecule has 0 amide bonds. The van der Waals surface area contributed by atoms with Gasteiger partial charge in [-0.2, -0.15) is 0 Å². The summed E-state index contributed by atoms with van der Waals surface area (Å²) in [7, 11) is 0. The third-order valence-corrected chi connectivity index (χ3v) is 0. The Labute approximate surface area is 111 Å². The van der Waals surface area contributed by atoms with Crippen molar-refractivity contribution >= 4 is 0 Å². The van der Waals surface area contributed by atoms with E-state index in [2.05, 4.69) is 19.7 Å². The summed E-state index contributed by atoms with van der Waals surface area (Å²) in [6.07, 6.45) is -0.167. The van der Waals surface area contributed by atoms with E-state index in [1.807, 2.05) is 41.5 Å². The van der Waals surface area contributed by atoms with Crippen molar-refractivity contribution in [3.63, 3.8) is 0 Å². The molecule has 0 rings (SSSR count). The van der Waals surface area contributed by atoms with Gasteiger partial charge in [-0.15, -0.1) is 19.7 Å². The van der Waals surface area contributed by atoms with Gasteiger partial charge in [0.25, 0.3) is 0 Å². The maximum Gasteiger partial charge on any atom is 0.0483 e. The first-order valence-corrected chi connectivity index (χ1v) is 5.47. The zero-order valence-electron chi connectivity index (χ0n) is 12.6. The van der Waals surface area contributed by atoms with Gasteiger partial charge in [0.05, 0.1) is 0 Å². The van der Waals surface area contributed by atoms with E-state index in [0.717, 1.165) is 0 Å². The van der Waals surface area contributed by atoms with Crippen LogP contribution in [0.15, 0.2) is 36.5 Å². The number of aliphatic hydroxyl groups excluding tert-OH is 1. The summed E-state index contributed by atoms with van der Waals surface area (Å²) in [6.45, 7) is 25.9. The lowest BCUT2D eigenvalue weighted by molar-refractivity contribution is 0.216. The molecule has 0 spiro atoms. The van der Waals surface area contributed by atoms with Gasteiger partial charge >= 0.3 is 0 Å². The van der Waals surface area contributed by atoms with Crippen molar-refractivity contribution in [3.8, 4) is 0 Å². The van der Waals surface area contributed by atoms with Crippen LogP contribution in [-0.2, 0) is 0 Å². The van der Waals surface area contributed by atoms with Gasteiger partial charge in [-0.25, -0.2) is 0 Å². The smallest absolute Gasteiger partial charge is 0.0483 e. The molecule has 0 aliphatic rings. The predicted octanol–water partition coefficient (Wildman–Crippen LogP) is 5.77. The monoisotopic (exact) mass is 244 g/mol. The molecule has 0 fully saturated rings. The Balaban J connectivity index is -0.0000000369. The van der Waals surface area contributed by atoms with Crippen molar-refractivity contribution in [2.75, 3.05) is 0 Å². The van der Waals surface area contributed by atoms with Gasteiger partial charge in [-0.1, -0.05) is 24.1 Å². The zero-order chi connectivity index (χ0) is 14.3. The van der Waals surface area contributed by atoms with Crippen LogP contribution in [0.4, 0.5) is 0 Å². The van der Waals surface area contributed by atoms with Crippen LogP contribution < -0.4 is 0 Å². The van der Waals surface area contributed by atoms with E-state index in [4.69, 9.17) is 5.11 Å². The Morgan fingerprint density at radius 3 is 0.706 bits per heavy atom. The molecule has 1 heteroatoms. The Kier molecular flexibility index (Phi) is 42.8. The summed E-state index contributed by atoms with van der Waals surface area (Å²) in [5, 5.41) is 8.06. The second kappa shape index (κ2) is 24.4. The highest BCUT2D eigenvalue weighted by molar-refractivity contribution is 4.79. The molecule has 0 atom stereocenters. The summed E-state index contributed by atoms with van der Waals surface area (Å²) in [5.41, 5.74) is 3.50. The molecule has 0 aliphatic carbocycles. The average molecular weight is 244 g/mol. The van der Waals surface area contributed by atoms with Crippen molar-refractivity contribution in [2.45, 2.75) is 68.9 Å². The van der Waals surface area contributed by atoms with E-state index in [-0.39, 0.29) is 13.5 Å². The van der Waals surface area contributed by atoms with Crippen LogP contribution in [0, 0.1) is 0 Å². The lowest BCUT2D eigenvalue weighted by atomic mass is 10.4. The van der Waals surface area contributed by atoms with Crippen molar-refractivity contribution in [3.05, 3.63) is 36.5 Å². The fourth-order valence-corrected chi connectivity index (χ4v) is 0. The van der Waals surface area contributed by atoms with E-state index < -0.39 is 0 Å². The molecule has 1 nitrogen and oxygen atoms in total. The largest absolute Gasteiger partial charge is 0.394 e. The SMILES string of the molecule is C.C=C(C)C.C=C(C)C.C=C(C)C.CC(C)O. The third kappa shape index (κ3) is 3920. The van der Waals surface area contributed by atoms with Crippen LogP contribution in [0.1, 0.15) is 62.8 Å². The van der Waals surface area contributed by atoms with Crippen LogP contribution in [0.2, 0.25) is 0 Å². The number of allylic oxidation sites excluding steroid dienone is 3. The van der Waals surface area contributed by atoms with Gasteiger partial charge in [-0.05, 0) is 55.4 Å². The van der Waals surface area contributed by atoms with E-state index in [0.29, 0.717) is 0 Å². The highest BCUT2D eigenvalue weighted by Gasteiger charge is 1.69. The molecule has 17 heavy (non-hydrogen) atoms. The first-order chi connectivity index (χ1) is 6.93. The van der Waals surface area contributed by atoms with Gasteiger partial charge in [0, 0.05) is 6.10 Å².